The number of esters is 1. The number of carbonyl (C=O) groups is 1. The molecule has 0 radical (unpaired) electrons. The van der Waals surface area contributed by atoms with E-state index >= 15 is 0 Å². The molecule has 1 atom stereocenters. The Morgan fingerprint density at radius 3 is 3.00 bits per heavy atom. The number of carbonyl (C=O) groups excluding carboxylic acids is 1. The molecule has 0 saturated carbocycles. The van der Waals surface area contributed by atoms with Gasteiger partial charge in [0.2, 0.25) is 0 Å². The number of thioether (sulfide) groups is 1. The van der Waals surface area contributed by atoms with Gasteiger partial charge in [0.05, 0.1) is 12.3 Å². The minimum absolute atomic E-state index is 0.295. The van der Waals surface area contributed by atoms with Crippen molar-refractivity contribution in [3.05, 3.63) is 0 Å². The van der Waals surface area contributed by atoms with E-state index in [0.717, 1.165) is 11.8 Å². The molecule has 0 amide bonds. The zero-order valence-electron chi connectivity index (χ0n) is 7.48. The van der Waals surface area contributed by atoms with Crippen LogP contribution in [-0.2, 0) is 9.53 Å². The van der Waals surface area contributed by atoms with E-state index in [1.807, 2.05) is 0 Å². The highest BCUT2D eigenvalue weighted by atomic mass is 32.2. The number of nitrogens with zero attached hydrogens (tertiary/aromatic N) is 2. The quantitative estimate of drug-likeness (QED) is 0.654. The summed E-state index contributed by atoms with van der Waals surface area (Å²) in [5.74, 6) is -0.313. The van der Waals surface area contributed by atoms with Crippen molar-refractivity contribution in [1.29, 1.82) is 0 Å². The van der Waals surface area contributed by atoms with Crippen LogP contribution in [-0.4, -0.2) is 28.7 Å². The molecule has 0 aromatic heterocycles. The Hall–Kier alpha value is -1.04. The first-order valence-corrected chi connectivity index (χ1v) is 4.74. The van der Waals surface area contributed by atoms with Crippen LogP contribution in [0.4, 0.5) is 0 Å². The van der Waals surface area contributed by atoms with E-state index in [-0.39, 0.29) is 5.97 Å². The molecule has 0 aromatic carbocycles. The van der Waals surface area contributed by atoms with Crippen molar-refractivity contribution in [2.45, 2.75) is 19.1 Å². The Kier molecular flexibility index (Phi) is 3.30. The Bertz CT molecular complexity index is 275. The molecule has 1 aliphatic rings. The molecule has 6 heteroatoms. The topological polar surface area (TPSA) is 77.0 Å². The normalized spacial score (nSPS) is 21.8. The second-order valence-corrected chi connectivity index (χ2v) is 3.55. The van der Waals surface area contributed by atoms with Gasteiger partial charge in [-0.25, -0.2) is 0 Å². The third kappa shape index (κ3) is 2.45. The Labute approximate surface area is 80.4 Å². The lowest BCUT2D eigenvalue weighted by atomic mass is 10.3. The van der Waals surface area contributed by atoms with E-state index in [9.17, 15) is 4.79 Å². The Morgan fingerprint density at radius 2 is 2.38 bits per heavy atom. The number of ether oxygens (including phenoxy) is 1. The van der Waals surface area contributed by atoms with Crippen LogP contribution in [0.25, 0.3) is 0 Å². The van der Waals surface area contributed by atoms with Gasteiger partial charge in [-0.05, 0) is 13.8 Å². The molecular weight excluding hydrogens is 190 g/mol. The summed E-state index contributed by atoms with van der Waals surface area (Å²) in [5, 5.41) is 7.26. The van der Waals surface area contributed by atoms with Crippen molar-refractivity contribution < 1.29 is 9.53 Å². The van der Waals surface area contributed by atoms with E-state index < -0.39 is 5.25 Å². The molecule has 1 heterocycles. The van der Waals surface area contributed by atoms with Crippen molar-refractivity contribution >= 4 is 28.6 Å². The first-order valence-electron chi connectivity index (χ1n) is 3.86. The fraction of sp³-hybridized carbons (Fsp3) is 0.571. The molecule has 5 nitrogen and oxygen atoms in total. The zero-order chi connectivity index (χ0) is 9.84. The summed E-state index contributed by atoms with van der Waals surface area (Å²) >= 11 is 1.16. The summed E-state index contributed by atoms with van der Waals surface area (Å²) in [5.41, 5.74) is 6.04. The smallest absolute Gasteiger partial charge is 0.325 e. The van der Waals surface area contributed by atoms with Gasteiger partial charge < -0.3 is 10.5 Å². The van der Waals surface area contributed by atoms with Crippen LogP contribution in [0.1, 0.15) is 13.8 Å². The summed E-state index contributed by atoms with van der Waals surface area (Å²) in [4.78, 5) is 11.3. The zero-order valence-corrected chi connectivity index (χ0v) is 8.30. The minimum Gasteiger partial charge on any atom is -0.465 e. The molecule has 0 bridgehead atoms. The summed E-state index contributed by atoms with van der Waals surface area (Å²) in [7, 11) is 0. The van der Waals surface area contributed by atoms with Crippen molar-refractivity contribution in [1.82, 2.24) is 0 Å². The maximum atomic E-state index is 11.3. The number of rotatable bonds is 2. The van der Waals surface area contributed by atoms with Crippen LogP contribution in [0.5, 0.6) is 0 Å². The number of hydrogen-bond donors (Lipinski definition) is 1. The fourth-order valence-corrected chi connectivity index (χ4v) is 1.56. The second-order valence-electron chi connectivity index (χ2n) is 2.43. The summed E-state index contributed by atoms with van der Waals surface area (Å²) < 4.78 is 4.85. The Balaban J connectivity index is 2.67. The summed E-state index contributed by atoms with van der Waals surface area (Å²) in [6.45, 7) is 3.85. The minimum atomic E-state index is -0.433. The van der Waals surface area contributed by atoms with Crippen LogP contribution in [0, 0.1) is 0 Å². The van der Waals surface area contributed by atoms with Gasteiger partial charge in [-0.15, -0.1) is 5.10 Å². The molecule has 1 rings (SSSR count). The predicted molar refractivity (Wildman–Crippen MR) is 52.7 cm³/mol. The summed E-state index contributed by atoms with van der Waals surface area (Å²) in [6, 6.07) is 0. The average Bonchev–Trinajstić information content (AvgIpc) is 2.09. The van der Waals surface area contributed by atoms with Gasteiger partial charge in [0.25, 0.3) is 0 Å². The molecule has 1 unspecified atom stereocenters. The lowest BCUT2D eigenvalue weighted by Gasteiger charge is -2.15. The molecule has 0 saturated heterocycles. The fourth-order valence-electron chi connectivity index (χ4n) is 0.847. The van der Waals surface area contributed by atoms with E-state index in [1.165, 1.54) is 0 Å². The Morgan fingerprint density at radius 1 is 1.69 bits per heavy atom. The van der Waals surface area contributed by atoms with Gasteiger partial charge in [-0.1, -0.05) is 11.8 Å². The molecule has 1 aliphatic heterocycles. The van der Waals surface area contributed by atoms with Gasteiger partial charge >= 0.3 is 5.97 Å². The van der Waals surface area contributed by atoms with Crippen LogP contribution in [0.3, 0.4) is 0 Å². The standard InChI is InChI=1S/C7H11N3O2S/c1-3-12-6(11)5-4(2)9-10-7(8)13-5/h5H,3H2,1-2H3,(H2,8,10). The maximum Gasteiger partial charge on any atom is 0.325 e. The molecule has 2 N–H and O–H groups in total. The number of hydrogen-bond acceptors (Lipinski definition) is 6. The van der Waals surface area contributed by atoms with Crippen molar-refractivity contribution in [3.8, 4) is 0 Å². The number of nitrogens with two attached hydrogens (primary N) is 1. The lowest BCUT2D eigenvalue weighted by molar-refractivity contribution is -0.141. The van der Waals surface area contributed by atoms with E-state index in [1.54, 1.807) is 13.8 Å². The monoisotopic (exact) mass is 201 g/mol. The first-order chi connectivity index (χ1) is 6.15. The average molecular weight is 201 g/mol. The lowest BCUT2D eigenvalue weighted by Crippen LogP contribution is -2.32. The highest BCUT2D eigenvalue weighted by molar-refractivity contribution is 8.15. The number of amidine groups is 1. The SMILES string of the molecule is CCOC(=O)C1SC(N)=NN=C1C. The molecule has 0 spiro atoms. The van der Waals surface area contributed by atoms with Gasteiger partial charge in [-0.2, -0.15) is 5.10 Å². The first kappa shape index (κ1) is 10.0. The van der Waals surface area contributed by atoms with Crippen molar-refractivity contribution in [2.75, 3.05) is 6.61 Å². The highest BCUT2D eigenvalue weighted by Gasteiger charge is 2.27. The van der Waals surface area contributed by atoms with Gasteiger partial charge in [-0.3, -0.25) is 4.79 Å². The highest BCUT2D eigenvalue weighted by Crippen LogP contribution is 2.18. The largest absolute Gasteiger partial charge is 0.465 e. The van der Waals surface area contributed by atoms with Crippen LogP contribution < -0.4 is 5.73 Å². The second kappa shape index (κ2) is 4.27. The van der Waals surface area contributed by atoms with Crippen molar-refractivity contribution in [2.24, 2.45) is 15.9 Å². The van der Waals surface area contributed by atoms with Gasteiger partial charge in [0.1, 0.15) is 5.25 Å². The molecule has 0 fully saturated rings. The third-order valence-corrected chi connectivity index (χ3v) is 2.52. The van der Waals surface area contributed by atoms with E-state index in [2.05, 4.69) is 10.2 Å². The summed E-state index contributed by atoms with van der Waals surface area (Å²) in [6.07, 6.45) is 0. The molecule has 13 heavy (non-hydrogen) atoms. The third-order valence-electron chi connectivity index (χ3n) is 1.43. The van der Waals surface area contributed by atoms with Gasteiger partial charge in [0.15, 0.2) is 5.17 Å². The van der Waals surface area contributed by atoms with Crippen LogP contribution in [0.2, 0.25) is 0 Å². The molecule has 0 aliphatic carbocycles. The molecular formula is C7H11N3O2S. The molecule has 72 valence electrons. The molecule has 0 aromatic rings. The van der Waals surface area contributed by atoms with Crippen LogP contribution >= 0.6 is 11.8 Å². The van der Waals surface area contributed by atoms with Crippen LogP contribution in [0.15, 0.2) is 10.2 Å². The van der Waals surface area contributed by atoms with Gasteiger partial charge in [0, 0.05) is 0 Å². The maximum absolute atomic E-state index is 11.3. The van der Waals surface area contributed by atoms with Crippen molar-refractivity contribution in [3.63, 3.8) is 0 Å². The van der Waals surface area contributed by atoms with E-state index in [0.29, 0.717) is 17.5 Å². The van der Waals surface area contributed by atoms with E-state index in [4.69, 9.17) is 10.5 Å². The predicted octanol–water partition coefficient (Wildman–Crippen LogP) is 0.356.